The third-order valence-electron chi connectivity index (χ3n) is 6.57. The van der Waals surface area contributed by atoms with E-state index in [2.05, 4.69) is 35.2 Å². The van der Waals surface area contributed by atoms with Gasteiger partial charge >= 0.3 is 0 Å². The summed E-state index contributed by atoms with van der Waals surface area (Å²) in [5.74, 6) is 1.21. The Morgan fingerprint density at radius 2 is 1.90 bits per heavy atom. The lowest BCUT2D eigenvalue weighted by Crippen LogP contribution is -2.37. The highest BCUT2D eigenvalue weighted by Gasteiger charge is 2.33. The van der Waals surface area contributed by atoms with Crippen molar-refractivity contribution in [2.75, 3.05) is 6.61 Å². The molecule has 4 aromatic rings. The first kappa shape index (κ1) is 18.2. The van der Waals surface area contributed by atoms with Crippen LogP contribution in [0, 0.1) is 0 Å². The molecule has 1 aliphatic heterocycles. The molecule has 1 unspecified atom stereocenters. The molecule has 5 nitrogen and oxygen atoms in total. The van der Waals surface area contributed by atoms with Crippen molar-refractivity contribution in [1.82, 2.24) is 4.57 Å². The van der Waals surface area contributed by atoms with Gasteiger partial charge in [0, 0.05) is 17.5 Å². The minimum absolute atomic E-state index is 0.0194. The van der Waals surface area contributed by atoms with Crippen LogP contribution >= 0.6 is 0 Å². The molecule has 0 radical (unpaired) electrons. The molecule has 1 atom stereocenters. The highest BCUT2D eigenvalue weighted by molar-refractivity contribution is 5.95. The van der Waals surface area contributed by atoms with Gasteiger partial charge in [0.25, 0.3) is 0 Å². The van der Waals surface area contributed by atoms with E-state index < -0.39 is 0 Å². The number of aromatic hydroxyl groups is 1. The minimum atomic E-state index is 0.0194. The Morgan fingerprint density at radius 1 is 1.06 bits per heavy atom. The lowest BCUT2D eigenvalue weighted by Gasteiger charge is -2.10. The number of imidazole rings is 1. The predicted molar refractivity (Wildman–Crippen MR) is 117 cm³/mol. The first-order valence-electron chi connectivity index (χ1n) is 10.8. The Bertz CT molecular complexity index is 1320. The van der Waals surface area contributed by atoms with E-state index in [0.717, 1.165) is 42.7 Å². The molecule has 6 rings (SSSR count). The van der Waals surface area contributed by atoms with E-state index in [1.165, 1.54) is 16.7 Å². The van der Waals surface area contributed by atoms with Crippen LogP contribution in [0.25, 0.3) is 11.0 Å². The van der Waals surface area contributed by atoms with Gasteiger partial charge in [0.15, 0.2) is 17.6 Å². The summed E-state index contributed by atoms with van der Waals surface area (Å²) in [5, 5.41) is 9.50. The fraction of sp³-hybridized carbons (Fsp3) is 0.231. The second kappa shape index (κ2) is 6.98. The van der Waals surface area contributed by atoms with E-state index in [-0.39, 0.29) is 24.1 Å². The first-order valence-corrected chi connectivity index (χ1v) is 10.8. The maximum absolute atomic E-state index is 12.9. The van der Waals surface area contributed by atoms with Crippen LogP contribution in [0.1, 0.15) is 39.5 Å². The van der Waals surface area contributed by atoms with Gasteiger partial charge in [-0.2, -0.15) is 0 Å². The number of nitrogens with zero attached hydrogens (tertiary/aromatic N) is 2. The smallest absolute Gasteiger partial charge is 0.245 e. The average Bonchev–Trinajstić information content (AvgIpc) is 3.49. The van der Waals surface area contributed by atoms with E-state index in [0.29, 0.717) is 5.56 Å². The number of Topliss-reactive ketones (excluding diaryl/α,β-unsaturated/α-hetero) is 1. The SMILES string of the molecule is O=C(C[n+]1cn(C2CCc3cc4c(cc32)OCC4)c2ccccc21)c1ccc(O)cc1. The van der Waals surface area contributed by atoms with E-state index >= 15 is 0 Å². The maximum Gasteiger partial charge on any atom is 0.245 e. The van der Waals surface area contributed by atoms with E-state index in [4.69, 9.17) is 4.74 Å². The van der Waals surface area contributed by atoms with Gasteiger partial charge < -0.3 is 9.84 Å². The summed E-state index contributed by atoms with van der Waals surface area (Å²) in [5.41, 5.74) is 6.84. The fourth-order valence-corrected chi connectivity index (χ4v) is 5.02. The van der Waals surface area contributed by atoms with Gasteiger partial charge in [-0.1, -0.05) is 18.2 Å². The summed E-state index contributed by atoms with van der Waals surface area (Å²) in [6.45, 7) is 1.03. The second-order valence-corrected chi connectivity index (χ2v) is 8.42. The number of hydrogen-bond acceptors (Lipinski definition) is 3. The number of hydrogen-bond donors (Lipinski definition) is 1. The molecule has 2 aliphatic rings. The number of rotatable bonds is 4. The van der Waals surface area contributed by atoms with E-state index in [9.17, 15) is 9.90 Å². The quantitative estimate of drug-likeness (QED) is 0.408. The number of phenolic OH excluding ortho intramolecular Hbond substituents is 1. The van der Waals surface area contributed by atoms with Crippen LogP contribution in [0.4, 0.5) is 0 Å². The van der Waals surface area contributed by atoms with Crippen LogP contribution < -0.4 is 9.30 Å². The standard InChI is InChI=1S/C26H22N2O3/c29-20-8-5-17(6-9-20)25(30)15-27-16-28(24-4-2-1-3-23(24)27)22-10-7-18-13-19-11-12-31-26(19)14-21(18)22/h1-6,8-9,13-14,16,22H,7,10-12,15H2/p+1. The molecule has 1 aliphatic carbocycles. The van der Waals surface area contributed by atoms with Gasteiger partial charge in [-0.3, -0.25) is 4.79 Å². The minimum Gasteiger partial charge on any atom is -0.508 e. The molecule has 0 saturated carbocycles. The Kier molecular flexibility index (Phi) is 4.10. The number of benzene rings is 3. The van der Waals surface area contributed by atoms with Gasteiger partial charge in [0.05, 0.1) is 6.61 Å². The maximum atomic E-state index is 12.9. The summed E-state index contributed by atoms with van der Waals surface area (Å²) in [7, 11) is 0. The number of ether oxygens (including phenoxy) is 1. The summed E-state index contributed by atoms with van der Waals surface area (Å²) in [4.78, 5) is 12.9. The highest BCUT2D eigenvalue weighted by atomic mass is 16.5. The monoisotopic (exact) mass is 411 g/mol. The molecule has 0 fully saturated rings. The number of aromatic nitrogens is 2. The first-order chi connectivity index (χ1) is 15.2. The zero-order chi connectivity index (χ0) is 20.9. The van der Waals surface area contributed by atoms with Crippen molar-refractivity contribution in [2.24, 2.45) is 0 Å². The Hall–Kier alpha value is -3.60. The molecule has 2 heterocycles. The Morgan fingerprint density at radius 3 is 2.77 bits per heavy atom. The molecule has 0 amide bonds. The van der Waals surface area contributed by atoms with Crippen molar-refractivity contribution in [1.29, 1.82) is 0 Å². The lowest BCUT2D eigenvalue weighted by molar-refractivity contribution is -0.658. The molecular weight excluding hydrogens is 388 g/mol. The molecule has 0 spiro atoms. The summed E-state index contributed by atoms with van der Waals surface area (Å²) in [6, 6.07) is 19.5. The van der Waals surface area contributed by atoms with E-state index in [1.807, 2.05) is 16.7 Å². The largest absolute Gasteiger partial charge is 0.508 e. The predicted octanol–water partition coefficient (Wildman–Crippen LogP) is 3.99. The highest BCUT2D eigenvalue weighted by Crippen LogP contribution is 2.40. The molecular formula is C26H23N2O3+. The molecule has 5 heteroatoms. The second-order valence-electron chi connectivity index (χ2n) is 8.42. The zero-order valence-corrected chi connectivity index (χ0v) is 17.1. The van der Waals surface area contributed by atoms with Crippen LogP contribution in [-0.4, -0.2) is 22.1 Å². The van der Waals surface area contributed by atoms with Crippen molar-refractivity contribution in [3.8, 4) is 11.5 Å². The topological polar surface area (TPSA) is 55.3 Å². The van der Waals surface area contributed by atoms with E-state index in [1.54, 1.807) is 24.3 Å². The molecule has 3 aromatic carbocycles. The summed E-state index contributed by atoms with van der Waals surface area (Å²) >= 11 is 0. The zero-order valence-electron chi connectivity index (χ0n) is 17.1. The number of para-hydroxylation sites is 2. The van der Waals surface area contributed by atoms with Crippen LogP contribution in [-0.2, 0) is 19.4 Å². The average molecular weight is 411 g/mol. The molecule has 0 saturated heterocycles. The van der Waals surface area contributed by atoms with Crippen molar-refractivity contribution >= 4 is 16.8 Å². The van der Waals surface area contributed by atoms with Crippen molar-refractivity contribution < 1.29 is 19.2 Å². The molecule has 154 valence electrons. The number of fused-ring (bicyclic) bond motifs is 3. The van der Waals surface area contributed by atoms with Gasteiger partial charge in [0.2, 0.25) is 12.1 Å². The molecule has 0 bridgehead atoms. The van der Waals surface area contributed by atoms with Crippen LogP contribution in [0.15, 0.2) is 67.0 Å². The van der Waals surface area contributed by atoms with Gasteiger partial charge in [-0.15, -0.1) is 0 Å². The lowest BCUT2D eigenvalue weighted by atomic mass is 10.0. The Balaban J connectivity index is 1.40. The number of aryl methyl sites for hydroxylation is 1. The fourth-order valence-electron chi connectivity index (χ4n) is 5.02. The molecule has 1 aromatic heterocycles. The molecule has 31 heavy (non-hydrogen) atoms. The van der Waals surface area contributed by atoms with Crippen LogP contribution in [0.2, 0.25) is 0 Å². The van der Waals surface area contributed by atoms with Crippen LogP contribution in [0.5, 0.6) is 11.5 Å². The summed E-state index contributed by atoms with van der Waals surface area (Å²) < 4.78 is 10.2. The number of ketones is 1. The van der Waals surface area contributed by atoms with Gasteiger partial charge in [0.1, 0.15) is 17.5 Å². The summed E-state index contributed by atoms with van der Waals surface area (Å²) in [6.07, 6.45) is 5.19. The van der Waals surface area contributed by atoms with Crippen molar-refractivity contribution in [3.05, 3.63) is 89.2 Å². The Labute approximate surface area is 180 Å². The normalized spacial score (nSPS) is 16.8. The van der Waals surface area contributed by atoms with Gasteiger partial charge in [-0.25, -0.2) is 9.13 Å². The number of carbonyl (C=O) groups is 1. The number of carbonyl (C=O) groups excluding carboxylic acids is 1. The van der Waals surface area contributed by atoms with Crippen LogP contribution in [0.3, 0.4) is 0 Å². The third-order valence-corrected chi connectivity index (χ3v) is 6.57. The van der Waals surface area contributed by atoms with Gasteiger partial charge in [-0.05, 0) is 66.4 Å². The molecule has 1 N–H and O–H groups in total. The third kappa shape index (κ3) is 3.00. The van der Waals surface area contributed by atoms with Crippen molar-refractivity contribution in [2.45, 2.75) is 31.8 Å². The van der Waals surface area contributed by atoms with Crippen molar-refractivity contribution in [3.63, 3.8) is 0 Å². The number of phenols is 1.